The Morgan fingerprint density at radius 3 is 3.04 bits per heavy atom. The highest BCUT2D eigenvalue weighted by Crippen LogP contribution is 2.46. The molecule has 1 saturated heterocycles. The summed E-state index contributed by atoms with van der Waals surface area (Å²) < 4.78 is -0.227. The van der Waals surface area contributed by atoms with E-state index in [4.69, 9.17) is 0 Å². The van der Waals surface area contributed by atoms with Gasteiger partial charge in [-0.3, -0.25) is 4.98 Å². The Bertz CT molecular complexity index is 915. The van der Waals surface area contributed by atoms with E-state index in [1.54, 1.807) is 6.20 Å². The first kappa shape index (κ1) is 16.7. The van der Waals surface area contributed by atoms with Gasteiger partial charge >= 0.3 is 6.03 Å². The molecule has 0 spiro atoms. The van der Waals surface area contributed by atoms with Gasteiger partial charge in [0.1, 0.15) is 5.69 Å². The number of carbonyl (C=O) groups is 1. The molecular weight excluding hydrogens is 342 g/mol. The molecule has 0 bridgehead atoms. The van der Waals surface area contributed by atoms with E-state index >= 15 is 0 Å². The van der Waals surface area contributed by atoms with E-state index in [-0.39, 0.29) is 16.7 Å². The number of amides is 2. The zero-order chi connectivity index (χ0) is 18.4. The summed E-state index contributed by atoms with van der Waals surface area (Å²) in [6.45, 7) is 2.31. The Labute approximate surface area is 158 Å². The van der Waals surface area contributed by atoms with Gasteiger partial charge in [-0.2, -0.15) is 0 Å². The molecule has 2 unspecified atom stereocenters. The molecule has 140 valence electrons. The van der Waals surface area contributed by atoms with Crippen LogP contribution in [0.3, 0.4) is 0 Å². The number of nitrogens with zero attached hydrogens (tertiary/aromatic N) is 2. The third-order valence-corrected chi connectivity index (χ3v) is 6.13. The van der Waals surface area contributed by atoms with E-state index in [9.17, 15) is 10.0 Å². The molecule has 5 rings (SSSR count). The van der Waals surface area contributed by atoms with Crippen LogP contribution < -0.4 is 20.6 Å². The molecule has 0 radical (unpaired) electrons. The third-order valence-electron chi connectivity index (χ3n) is 6.13. The highest BCUT2D eigenvalue weighted by atomic mass is 16.6. The molecule has 2 atom stereocenters. The Morgan fingerprint density at radius 1 is 1.22 bits per heavy atom. The zero-order valence-corrected chi connectivity index (χ0v) is 15.1. The predicted molar refractivity (Wildman–Crippen MR) is 105 cm³/mol. The Balaban J connectivity index is 1.38. The van der Waals surface area contributed by atoms with Crippen LogP contribution in [0.15, 0.2) is 30.6 Å². The number of urea groups is 1. The van der Waals surface area contributed by atoms with Crippen molar-refractivity contribution in [2.24, 2.45) is 0 Å². The van der Waals surface area contributed by atoms with Crippen molar-refractivity contribution in [2.75, 3.05) is 23.7 Å². The molecule has 4 heterocycles. The largest absolute Gasteiger partial charge is 0.627 e. The van der Waals surface area contributed by atoms with Gasteiger partial charge in [-0.25, -0.2) is 4.79 Å². The van der Waals surface area contributed by atoms with Crippen molar-refractivity contribution < 1.29 is 4.79 Å². The molecule has 3 aliphatic rings. The third kappa shape index (κ3) is 2.70. The van der Waals surface area contributed by atoms with Crippen molar-refractivity contribution in [1.82, 2.24) is 14.9 Å². The number of hydroxylamine groups is 2. The second kappa shape index (κ2) is 6.30. The summed E-state index contributed by atoms with van der Waals surface area (Å²) in [5.74, 6) is 0. The van der Waals surface area contributed by atoms with Crippen molar-refractivity contribution in [3.05, 3.63) is 52.5 Å². The minimum atomic E-state index is -0.290. The summed E-state index contributed by atoms with van der Waals surface area (Å²) in [5, 5.41) is 22.4. The van der Waals surface area contributed by atoms with Crippen molar-refractivity contribution in [3.8, 4) is 0 Å². The average Bonchev–Trinajstić information content (AvgIpc) is 3.17. The van der Waals surface area contributed by atoms with Crippen molar-refractivity contribution in [3.63, 3.8) is 0 Å². The molecule has 3 aliphatic heterocycles. The lowest BCUT2D eigenvalue weighted by molar-refractivity contribution is 0.262. The minimum Gasteiger partial charge on any atom is -0.627 e. The first-order valence-corrected chi connectivity index (χ1v) is 9.61. The zero-order valence-electron chi connectivity index (χ0n) is 15.1. The quantitative estimate of drug-likeness (QED) is 0.564. The molecule has 2 amide bonds. The number of fused-ring (bicyclic) bond motifs is 4. The van der Waals surface area contributed by atoms with Gasteiger partial charge in [0.2, 0.25) is 0 Å². The van der Waals surface area contributed by atoms with Crippen LogP contribution in [0.1, 0.15) is 29.5 Å². The lowest BCUT2D eigenvalue weighted by Gasteiger charge is -2.39. The van der Waals surface area contributed by atoms with E-state index in [2.05, 4.69) is 20.9 Å². The fraction of sp³-hybridized carbons (Fsp3) is 0.400. The van der Waals surface area contributed by atoms with Gasteiger partial charge in [0.25, 0.3) is 0 Å². The molecule has 1 aromatic heterocycles. The number of quaternary nitrogens is 1. The first-order valence-electron chi connectivity index (χ1n) is 9.61. The van der Waals surface area contributed by atoms with Crippen molar-refractivity contribution >= 4 is 23.1 Å². The summed E-state index contributed by atoms with van der Waals surface area (Å²) in [5.41, 5.74) is 5.57. The fourth-order valence-corrected chi connectivity index (χ4v) is 4.81. The van der Waals surface area contributed by atoms with Crippen LogP contribution in [-0.4, -0.2) is 30.1 Å². The number of nitrogens with one attached hydrogen (secondary N) is 3. The topological polar surface area (TPSA) is 89.1 Å². The number of aromatic nitrogens is 1. The smallest absolute Gasteiger partial charge is 0.323 e. The Kier molecular flexibility index (Phi) is 3.89. The highest BCUT2D eigenvalue weighted by molar-refractivity contribution is 6.01. The average molecular weight is 365 g/mol. The van der Waals surface area contributed by atoms with Gasteiger partial charge < -0.3 is 25.8 Å². The first-order chi connectivity index (χ1) is 13.1. The number of carbonyl (C=O) groups excluding carboxylic acids is 1. The number of anilines is 2. The fourth-order valence-electron chi connectivity index (χ4n) is 4.81. The van der Waals surface area contributed by atoms with E-state index in [1.165, 1.54) is 0 Å². The second-order valence-corrected chi connectivity index (χ2v) is 7.65. The van der Waals surface area contributed by atoms with Gasteiger partial charge in [0, 0.05) is 37.6 Å². The van der Waals surface area contributed by atoms with Gasteiger partial charge in [0.05, 0.1) is 30.2 Å². The molecule has 1 aromatic carbocycles. The molecule has 0 aliphatic carbocycles. The maximum absolute atomic E-state index is 13.2. The normalized spacial score (nSPS) is 25.4. The Morgan fingerprint density at radius 2 is 2.11 bits per heavy atom. The molecule has 7 nitrogen and oxygen atoms in total. The van der Waals surface area contributed by atoms with Crippen LogP contribution in [-0.2, 0) is 19.4 Å². The minimum absolute atomic E-state index is 0.101. The molecule has 7 heteroatoms. The number of pyridine rings is 1. The standard InChI is InChI=1S/C20H23N5O2/c26-20(24-18-12-22-11-13-10-21-7-6-15(13)18)23-17-4-1-5-19-16(17)9-14-3-2-8-25(14,19)27/h1,4-5,11-12,14,21H,2-3,6-10H2,(H2,23,24,26). The summed E-state index contributed by atoms with van der Waals surface area (Å²) in [4.78, 5) is 16.9. The van der Waals surface area contributed by atoms with Crippen molar-refractivity contribution in [2.45, 2.75) is 38.3 Å². The maximum atomic E-state index is 13.2. The van der Waals surface area contributed by atoms with Gasteiger partial charge in [-0.15, -0.1) is 0 Å². The maximum Gasteiger partial charge on any atom is 0.323 e. The van der Waals surface area contributed by atoms with Crippen LogP contribution in [0.4, 0.5) is 21.9 Å². The van der Waals surface area contributed by atoms with Gasteiger partial charge in [-0.1, -0.05) is 6.07 Å². The second-order valence-electron chi connectivity index (χ2n) is 7.65. The van der Waals surface area contributed by atoms with E-state index in [1.807, 2.05) is 24.4 Å². The number of hydrogen-bond acceptors (Lipinski definition) is 4. The van der Waals surface area contributed by atoms with E-state index in [0.29, 0.717) is 6.54 Å². The van der Waals surface area contributed by atoms with E-state index in [0.717, 1.165) is 72.5 Å². The number of hydrogen-bond donors (Lipinski definition) is 3. The Hall–Kier alpha value is -2.48. The predicted octanol–water partition coefficient (Wildman–Crippen LogP) is 2.89. The molecular formula is C20H23N5O2. The van der Waals surface area contributed by atoms with Crippen LogP contribution in [0.5, 0.6) is 0 Å². The number of benzene rings is 1. The molecule has 3 N–H and O–H groups in total. The summed E-state index contributed by atoms with van der Waals surface area (Å²) in [6, 6.07) is 5.48. The monoisotopic (exact) mass is 365 g/mol. The van der Waals surface area contributed by atoms with Gasteiger partial charge in [-0.05, 0) is 36.2 Å². The molecule has 0 saturated carbocycles. The molecule has 1 fully saturated rings. The molecule has 2 aromatic rings. The lowest BCUT2D eigenvalue weighted by Crippen LogP contribution is -2.44. The lowest BCUT2D eigenvalue weighted by atomic mass is 10.0. The molecule has 27 heavy (non-hydrogen) atoms. The van der Waals surface area contributed by atoms with Gasteiger partial charge in [0.15, 0.2) is 0 Å². The van der Waals surface area contributed by atoms with Crippen LogP contribution in [0, 0.1) is 5.21 Å². The van der Waals surface area contributed by atoms with Crippen molar-refractivity contribution in [1.29, 1.82) is 0 Å². The van der Waals surface area contributed by atoms with Crippen LogP contribution in [0.2, 0.25) is 0 Å². The SMILES string of the molecule is O=C(Nc1cncc2c1CCNC2)Nc1cccc2c1CC1CCC[N+]21[O-]. The van der Waals surface area contributed by atoms with E-state index < -0.39 is 0 Å². The summed E-state index contributed by atoms with van der Waals surface area (Å²) >= 11 is 0. The van der Waals surface area contributed by atoms with Crippen LogP contribution >= 0.6 is 0 Å². The number of rotatable bonds is 2. The van der Waals surface area contributed by atoms with Crippen LogP contribution in [0.25, 0.3) is 0 Å². The summed E-state index contributed by atoms with van der Waals surface area (Å²) in [7, 11) is 0. The summed E-state index contributed by atoms with van der Waals surface area (Å²) in [6.07, 6.45) is 7.09. The highest BCUT2D eigenvalue weighted by Gasteiger charge is 2.45.